The summed E-state index contributed by atoms with van der Waals surface area (Å²) in [6, 6.07) is 4.75. The fourth-order valence-electron chi connectivity index (χ4n) is 4.56. The van der Waals surface area contributed by atoms with E-state index in [1.807, 2.05) is 0 Å². The Morgan fingerprint density at radius 2 is 1.84 bits per heavy atom. The van der Waals surface area contributed by atoms with Crippen LogP contribution in [0.5, 0.6) is 5.88 Å². The SMILES string of the molecule is O=C1[C@H]2C[C@@H](Oc3cnc(C4CC4)cn3)CN2CCCN1Cc1ccc(C(F)(F)F)cc1. The third-order valence-electron chi connectivity index (χ3n) is 6.42. The normalized spacial score (nSPS) is 24.3. The zero-order valence-electron chi connectivity index (χ0n) is 17.6. The molecular weight excluding hydrogens is 421 g/mol. The molecule has 2 saturated heterocycles. The summed E-state index contributed by atoms with van der Waals surface area (Å²) in [5.74, 6) is 1.02. The zero-order valence-corrected chi connectivity index (χ0v) is 17.6. The number of alkyl halides is 3. The van der Waals surface area contributed by atoms with Crippen LogP contribution in [-0.2, 0) is 17.5 Å². The van der Waals surface area contributed by atoms with Gasteiger partial charge in [0.25, 0.3) is 0 Å². The third-order valence-corrected chi connectivity index (χ3v) is 6.42. The molecule has 170 valence electrons. The molecule has 9 heteroatoms. The molecule has 2 atom stereocenters. The second kappa shape index (κ2) is 8.35. The molecule has 6 nitrogen and oxygen atoms in total. The molecule has 3 heterocycles. The Morgan fingerprint density at radius 3 is 2.50 bits per heavy atom. The number of ether oxygens (including phenoxy) is 1. The van der Waals surface area contributed by atoms with Crippen molar-refractivity contribution in [2.75, 3.05) is 19.6 Å². The first-order valence-electron chi connectivity index (χ1n) is 11.0. The Morgan fingerprint density at radius 1 is 1.06 bits per heavy atom. The molecular formula is C23H25F3N4O2. The summed E-state index contributed by atoms with van der Waals surface area (Å²) >= 11 is 0. The first kappa shape index (κ1) is 21.2. The van der Waals surface area contributed by atoms with Crippen molar-refractivity contribution in [3.8, 4) is 5.88 Å². The van der Waals surface area contributed by atoms with E-state index < -0.39 is 11.7 Å². The van der Waals surface area contributed by atoms with Gasteiger partial charge >= 0.3 is 6.18 Å². The maximum atomic E-state index is 13.2. The van der Waals surface area contributed by atoms with Gasteiger partial charge in [0.15, 0.2) is 0 Å². The van der Waals surface area contributed by atoms with Crippen molar-refractivity contribution >= 4 is 5.91 Å². The van der Waals surface area contributed by atoms with Crippen molar-refractivity contribution < 1.29 is 22.7 Å². The van der Waals surface area contributed by atoms with Gasteiger partial charge in [0.05, 0.1) is 29.7 Å². The van der Waals surface area contributed by atoms with E-state index in [-0.39, 0.29) is 18.1 Å². The molecule has 1 aromatic heterocycles. The van der Waals surface area contributed by atoms with Crippen molar-refractivity contribution in [3.05, 3.63) is 53.5 Å². The van der Waals surface area contributed by atoms with E-state index >= 15 is 0 Å². The van der Waals surface area contributed by atoms with Crippen molar-refractivity contribution in [1.82, 2.24) is 19.8 Å². The van der Waals surface area contributed by atoms with Crippen LogP contribution in [0, 0.1) is 0 Å². The minimum atomic E-state index is -4.36. The Labute approximate surface area is 184 Å². The van der Waals surface area contributed by atoms with Gasteiger partial charge in [0, 0.05) is 38.5 Å². The number of amides is 1. The monoisotopic (exact) mass is 446 g/mol. The molecule has 0 spiro atoms. The van der Waals surface area contributed by atoms with E-state index in [9.17, 15) is 18.0 Å². The lowest BCUT2D eigenvalue weighted by atomic mass is 10.1. The summed E-state index contributed by atoms with van der Waals surface area (Å²) in [6.07, 6.45) is 2.64. The molecule has 2 aromatic rings. The standard InChI is InChI=1S/C23H25F3N4O2/c24-23(25,26)17-6-2-15(3-7-17)13-30-9-1-8-29-14-18(10-20(29)22(30)31)32-21-12-27-19(11-28-21)16-4-5-16/h2-3,6-7,11-12,16,18,20H,1,4-5,8-10,13-14H2/t18-,20-/m1/s1. The molecule has 5 rings (SSSR count). The van der Waals surface area contributed by atoms with E-state index in [4.69, 9.17) is 4.74 Å². The average molecular weight is 446 g/mol. The highest BCUT2D eigenvalue weighted by atomic mass is 19.4. The van der Waals surface area contributed by atoms with Gasteiger partial charge in [0.2, 0.25) is 11.8 Å². The lowest BCUT2D eigenvalue weighted by Gasteiger charge is -2.25. The molecule has 0 radical (unpaired) electrons. The Hall–Kier alpha value is -2.68. The van der Waals surface area contributed by atoms with Gasteiger partial charge in [-0.3, -0.25) is 14.7 Å². The number of carbonyl (C=O) groups excluding carboxylic acids is 1. The van der Waals surface area contributed by atoms with Gasteiger partial charge < -0.3 is 9.64 Å². The first-order chi connectivity index (χ1) is 15.4. The quantitative estimate of drug-likeness (QED) is 0.702. The molecule has 0 N–H and O–H groups in total. The first-order valence-corrected chi connectivity index (χ1v) is 11.0. The predicted molar refractivity (Wildman–Crippen MR) is 110 cm³/mol. The van der Waals surface area contributed by atoms with Crippen LogP contribution in [-0.4, -0.2) is 57.5 Å². The largest absolute Gasteiger partial charge is 0.472 e. The summed E-state index contributed by atoms with van der Waals surface area (Å²) in [6.45, 7) is 2.33. The second-order valence-corrected chi connectivity index (χ2v) is 8.85. The number of halogens is 3. The molecule has 32 heavy (non-hydrogen) atoms. The van der Waals surface area contributed by atoms with E-state index in [1.165, 1.54) is 25.0 Å². The molecule has 1 aliphatic carbocycles. The second-order valence-electron chi connectivity index (χ2n) is 8.85. The smallest absolute Gasteiger partial charge is 0.416 e. The van der Waals surface area contributed by atoms with Crippen molar-refractivity contribution in [1.29, 1.82) is 0 Å². The number of hydrogen-bond acceptors (Lipinski definition) is 5. The van der Waals surface area contributed by atoms with E-state index in [0.29, 0.717) is 43.4 Å². The van der Waals surface area contributed by atoms with Crippen LogP contribution in [0.25, 0.3) is 0 Å². The highest BCUT2D eigenvalue weighted by molar-refractivity contribution is 5.82. The number of rotatable bonds is 5. The van der Waals surface area contributed by atoms with Gasteiger partial charge in [-0.15, -0.1) is 0 Å². The molecule has 0 unspecified atom stereocenters. The van der Waals surface area contributed by atoms with Crippen LogP contribution in [0.1, 0.15) is 48.4 Å². The molecule has 1 amide bonds. The number of nitrogens with zero attached hydrogens (tertiary/aromatic N) is 4. The number of benzene rings is 1. The summed E-state index contributed by atoms with van der Waals surface area (Å²) in [7, 11) is 0. The van der Waals surface area contributed by atoms with Crippen LogP contribution in [0.4, 0.5) is 13.2 Å². The van der Waals surface area contributed by atoms with Gasteiger partial charge in [0.1, 0.15) is 6.10 Å². The lowest BCUT2D eigenvalue weighted by Crippen LogP contribution is -2.42. The minimum absolute atomic E-state index is 0.00339. The zero-order chi connectivity index (χ0) is 22.3. The Balaban J connectivity index is 1.21. The van der Waals surface area contributed by atoms with Crippen molar-refractivity contribution in [2.45, 2.75) is 56.5 Å². The molecule has 2 aliphatic heterocycles. The molecule has 1 saturated carbocycles. The highest BCUT2D eigenvalue weighted by Gasteiger charge is 2.41. The Kier molecular flexibility index (Phi) is 5.53. The molecule has 3 aliphatic rings. The van der Waals surface area contributed by atoms with Crippen molar-refractivity contribution in [2.24, 2.45) is 0 Å². The van der Waals surface area contributed by atoms with Crippen LogP contribution in [0.15, 0.2) is 36.7 Å². The van der Waals surface area contributed by atoms with Crippen molar-refractivity contribution in [3.63, 3.8) is 0 Å². The molecule has 3 fully saturated rings. The predicted octanol–water partition coefficient (Wildman–Crippen LogP) is 3.63. The topological polar surface area (TPSA) is 58.6 Å². The summed E-state index contributed by atoms with van der Waals surface area (Å²) in [5, 5.41) is 0. The summed E-state index contributed by atoms with van der Waals surface area (Å²) in [5.41, 5.74) is 1.02. The summed E-state index contributed by atoms with van der Waals surface area (Å²) < 4.78 is 44.4. The van der Waals surface area contributed by atoms with Gasteiger partial charge in [-0.2, -0.15) is 13.2 Å². The van der Waals surface area contributed by atoms with Gasteiger partial charge in [-0.25, -0.2) is 4.98 Å². The molecule has 1 aromatic carbocycles. The Bertz CT molecular complexity index is 961. The van der Waals surface area contributed by atoms with Gasteiger partial charge in [-0.05, 0) is 37.0 Å². The number of carbonyl (C=O) groups is 1. The third kappa shape index (κ3) is 4.57. The summed E-state index contributed by atoms with van der Waals surface area (Å²) in [4.78, 5) is 25.9. The van der Waals surface area contributed by atoms with Crippen LogP contribution in [0.2, 0.25) is 0 Å². The van der Waals surface area contributed by atoms with E-state index in [2.05, 4.69) is 14.9 Å². The highest BCUT2D eigenvalue weighted by Crippen LogP contribution is 2.38. The fourth-order valence-corrected chi connectivity index (χ4v) is 4.56. The van der Waals surface area contributed by atoms with Crippen LogP contribution >= 0.6 is 0 Å². The lowest BCUT2D eigenvalue weighted by molar-refractivity contribution is -0.138. The average Bonchev–Trinajstić information content (AvgIpc) is 3.55. The van der Waals surface area contributed by atoms with E-state index in [0.717, 1.165) is 30.8 Å². The maximum absolute atomic E-state index is 13.2. The number of fused-ring (bicyclic) bond motifs is 1. The van der Waals surface area contributed by atoms with Gasteiger partial charge in [-0.1, -0.05) is 12.1 Å². The number of aromatic nitrogens is 2. The van der Waals surface area contributed by atoms with E-state index in [1.54, 1.807) is 17.3 Å². The fraction of sp³-hybridized carbons (Fsp3) is 0.522. The van der Waals surface area contributed by atoms with Crippen LogP contribution in [0.3, 0.4) is 0 Å². The maximum Gasteiger partial charge on any atom is 0.416 e. The minimum Gasteiger partial charge on any atom is -0.472 e. The van der Waals surface area contributed by atoms with Crippen LogP contribution < -0.4 is 4.74 Å². The molecule has 0 bridgehead atoms. The number of hydrogen-bond donors (Lipinski definition) is 0.